The lowest BCUT2D eigenvalue weighted by Gasteiger charge is -2.22. The van der Waals surface area contributed by atoms with E-state index in [0.717, 1.165) is 16.6 Å². The fourth-order valence-corrected chi connectivity index (χ4v) is 3.45. The van der Waals surface area contributed by atoms with Gasteiger partial charge in [0.2, 0.25) is 0 Å². The molecule has 1 unspecified atom stereocenters. The SMILES string of the molecule is COc1ccc(NC(c2cccnc2)c2ccc3cccnc3c2O)cc1Cl. The van der Waals surface area contributed by atoms with Gasteiger partial charge < -0.3 is 15.2 Å². The van der Waals surface area contributed by atoms with Crippen molar-refractivity contribution < 1.29 is 9.84 Å². The summed E-state index contributed by atoms with van der Waals surface area (Å²) < 4.78 is 5.22. The van der Waals surface area contributed by atoms with Crippen molar-refractivity contribution >= 4 is 28.2 Å². The molecule has 0 bridgehead atoms. The Kier molecular flexibility index (Phi) is 5.00. The summed E-state index contributed by atoms with van der Waals surface area (Å²) in [6.07, 6.45) is 5.15. The van der Waals surface area contributed by atoms with E-state index in [4.69, 9.17) is 16.3 Å². The first-order chi connectivity index (χ1) is 13.7. The van der Waals surface area contributed by atoms with Crippen LogP contribution in [0.5, 0.6) is 11.5 Å². The van der Waals surface area contributed by atoms with Gasteiger partial charge in [-0.15, -0.1) is 0 Å². The molecule has 0 aliphatic heterocycles. The molecule has 0 aliphatic carbocycles. The first-order valence-electron chi connectivity index (χ1n) is 8.74. The number of methoxy groups -OCH3 is 1. The van der Waals surface area contributed by atoms with Crippen LogP contribution in [0.15, 0.2) is 73.2 Å². The number of rotatable bonds is 5. The third-order valence-electron chi connectivity index (χ3n) is 4.57. The maximum absolute atomic E-state index is 10.9. The van der Waals surface area contributed by atoms with E-state index in [1.165, 1.54) is 0 Å². The quantitative estimate of drug-likeness (QED) is 0.489. The highest BCUT2D eigenvalue weighted by molar-refractivity contribution is 6.32. The number of fused-ring (bicyclic) bond motifs is 1. The zero-order chi connectivity index (χ0) is 19.5. The van der Waals surface area contributed by atoms with E-state index in [1.54, 1.807) is 37.8 Å². The van der Waals surface area contributed by atoms with Gasteiger partial charge in [-0.1, -0.05) is 35.9 Å². The lowest BCUT2D eigenvalue weighted by atomic mass is 9.97. The standard InChI is InChI=1S/C22H18ClN3O2/c1-28-19-9-7-16(12-18(19)23)26-20(15-5-2-10-24-13-15)17-8-6-14-4-3-11-25-21(14)22(17)27/h2-13,20,26-27H,1H3. The summed E-state index contributed by atoms with van der Waals surface area (Å²) in [4.78, 5) is 8.56. The third kappa shape index (κ3) is 3.44. The van der Waals surface area contributed by atoms with Crippen LogP contribution in [0, 0.1) is 0 Å². The van der Waals surface area contributed by atoms with Crippen molar-refractivity contribution in [3.63, 3.8) is 0 Å². The molecule has 140 valence electrons. The zero-order valence-corrected chi connectivity index (χ0v) is 15.9. The van der Waals surface area contributed by atoms with E-state index < -0.39 is 0 Å². The molecular weight excluding hydrogens is 374 g/mol. The van der Waals surface area contributed by atoms with Gasteiger partial charge in [0.1, 0.15) is 17.0 Å². The fraction of sp³-hybridized carbons (Fsp3) is 0.0909. The Balaban J connectivity index is 1.81. The monoisotopic (exact) mass is 391 g/mol. The number of anilines is 1. The first-order valence-corrected chi connectivity index (χ1v) is 9.12. The van der Waals surface area contributed by atoms with Gasteiger partial charge in [-0.3, -0.25) is 9.97 Å². The number of aromatic hydroxyl groups is 1. The number of hydrogen-bond donors (Lipinski definition) is 2. The summed E-state index contributed by atoms with van der Waals surface area (Å²) in [5.41, 5.74) is 2.95. The zero-order valence-electron chi connectivity index (χ0n) is 15.1. The number of hydrogen-bond acceptors (Lipinski definition) is 5. The normalized spacial score (nSPS) is 11.9. The van der Waals surface area contributed by atoms with Crippen molar-refractivity contribution in [2.24, 2.45) is 0 Å². The summed E-state index contributed by atoms with van der Waals surface area (Å²) in [6, 6.07) is 16.6. The molecule has 0 aliphatic rings. The van der Waals surface area contributed by atoms with Gasteiger partial charge in [0.15, 0.2) is 0 Å². The topological polar surface area (TPSA) is 67.3 Å². The number of halogens is 1. The predicted octanol–water partition coefficient (Wildman–Crippen LogP) is 5.20. The number of phenolic OH excluding ortho intramolecular Hbond substituents is 1. The lowest BCUT2D eigenvalue weighted by Crippen LogP contribution is -2.13. The molecule has 0 saturated heterocycles. The number of benzene rings is 2. The second-order valence-corrected chi connectivity index (χ2v) is 6.70. The first kappa shape index (κ1) is 18.1. The van der Waals surface area contributed by atoms with Crippen molar-refractivity contribution in [1.29, 1.82) is 0 Å². The molecule has 5 nitrogen and oxygen atoms in total. The van der Waals surface area contributed by atoms with E-state index in [2.05, 4.69) is 15.3 Å². The average Bonchev–Trinajstić information content (AvgIpc) is 2.74. The van der Waals surface area contributed by atoms with Crippen LogP contribution in [0.3, 0.4) is 0 Å². The van der Waals surface area contributed by atoms with Gasteiger partial charge in [0.25, 0.3) is 0 Å². The van der Waals surface area contributed by atoms with Crippen LogP contribution in [0.2, 0.25) is 5.02 Å². The fourth-order valence-electron chi connectivity index (χ4n) is 3.19. The van der Waals surface area contributed by atoms with Crippen LogP contribution in [0.25, 0.3) is 10.9 Å². The van der Waals surface area contributed by atoms with E-state index in [1.807, 2.05) is 42.5 Å². The van der Waals surface area contributed by atoms with Gasteiger partial charge in [0, 0.05) is 35.2 Å². The van der Waals surface area contributed by atoms with E-state index in [-0.39, 0.29) is 11.8 Å². The smallest absolute Gasteiger partial charge is 0.147 e. The Labute approximate surface area is 167 Å². The molecule has 2 aromatic carbocycles. The largest absolute Gasteiger partial charge is 0.505 e. The highest BCUT2D eigenvalue weighted by atomic mass is 35.5. The van der Waals surface area contributed by atoms with Gasteiger partial charge in [0.05, 0.1) is 18.2 Å². The van der Waals surface area contributed by atoms with Crippen molar-refractivity contribution in [1.82, 2.24) is 9.97 Å². The Morgan fingerprint density at radius 1 is 1.07 bits per heavy atom. The second-order valence-electron chi connectivity index (χ2n) is 6.29. The molecular formula is C22H18ClN3O2. The van der Waals surface area contributed by atoms with Gasteiger partial charge in [-0.25, -0.2) is 0 Å². The van der Waals surface area contributed by atoms with Crippen LogP contribution in [0.4, 0.5) is 5.69 Å². The van der Waals surface area contributed by atoms with Crippen LogP contribution >= 0.6 is 11.6 Å². The number of aromatic nitrogens is 2. The molecule has 1 atom stereocenters. The predicted molar refractivity (Wildman–Crippen MR) is 111 cm³/mol. The summed E-state index contributed by atoms with van der Waals surface area (Å²) in [5.74, 6) is 0.738. The highest BCUT2D eigenvalue weighted by Crippen LogP contribution is 2.37. The molecule has 0 saturated carbocycles. The minimum atomic E-state index is -0.343. The molecule has 2 heterocycles. The van der Waals surface area contributed by atoms with Crippen molar-refractivity contribution in [3.8, 4) is 11.5 Å². The summed E-state index contributed by atoms with van der Waals surface area (Å²) >= 11 is 6.28. The van der Waals surface area contributed by atoms with Crippen molar-refractivity contribution in [3.05, 3.63) is 89.3 Å². The Hall–Kier alpha value is -3.31. The van der Waals surface area contributed by atoms with E-state index >= 15 is 0 Å². The minimum Gasteiger partial charge on any atom is -0.505 e. The summed E-state index contributed by atoms with van der Waals surface area (Å²) in [6.45, 7) is 0. The second kappa shape index (κ2) is 7.74. The third-order valence-corrected chi connectivity index (χ3v) is 4.87. The van der Waals surface area contributed by atoms with Gasteiger partial charge in [-0.05, 0) is 35.9 Å². The molecule has 4 rings (SSSR count). The number of ether oxygens (including phenoxy) is 1. The van der Waals surface area contributed by atoms with Gasteiger partial charge >= 0.3 is 0 Å². The molecule has 0 radical (unpaired) electrons. The van der Waals surface area contributed by atoms with Crippen LogP contribution in [0.1, 0.15) is 17.2 Å². The molecule has 0 fully saturated rings. The van der Waals surface area contributed by atoms with E-state index in [9.17, 15) is 5.11 Å². The van der Waals surface area contributed by atoms with Crippen LogP contribution in [-0.2, 0) is 0 Å². The molecule has 0 amide bonds. The number of phenols is 1. The maximum atomic E-state index is 10.9. The minimum absolute atomic E-state index is 0.138. The highest BCUT2D eigenvalue weighted by Gasteiger charge is 2.20. The lowest BCUT2D eigenvalue weighted by molar-refractivity contribution is 0.415. The van der Waals surface area contributed by atoms with Crippen molar-refractivity contribution in [2.45, 2.75) is 6.04 Å². The summed E-state index contributed by atoms with van der Waals surface area (Å²) in [5, 5.41) is 15.7. The Morgan fingerprint density at radius 3 is 2.68 bits per heavy atom. The number of pyridine rings is 2. The number of nitrogens with zero attached hydrogens (tertiary/aromatic N) is 2. The molecule has 0 spiro atoms. The molecule has 2 aromatic heterocycles. The van der Waals surface area contributed by atoms with E-state index in [0.29, 0.717) is 21.9 Å². The molecule has 2 N–H and O–H groups in total. The average molecular weight is 392 g/mol. The van der Waals surface area contributed by atoms with Crippen LogP contribution < -0.4 is 10.1 Å². The molecule has 4 aromatic rings. The molecule has 6 heteroatoms. The van der Waals surface area contributed by atoms with Crippen molar-refractivity contribution in [2.75, 3.05) is 12.4 Å². The Bertz CT molecular complexity index is 1120. The van der Waals surface area contributed by atoms with Crippen LogP contribution in [-0.4, -0.2) is 22.2 Å². The Morgan fingerprint density at radius 2 is 1.93 bits per heavy atom. The maximum Gasteiger partial charge on any atom is 0.147 e. The molecule has 28 heavy (non-hydrogen) atoms. The van der Waals surface area contributed by atoms with Gasteiger partial charge in [-0.2, -0.15) is 0 Å². The number of nitrogens with one attached hydrogen (secondary N) is 1. The summed E-state index contributed by atoms with van der Waals surface area (Å²) in [7, 11) is 1.58.